The molecule has 1 fully saturated rings. The summed E-state index contributed by atoms with van der Waals surface area (Å²) in [5, 5.41) is 1.51. The molecular weight excluding hydrogens is 264 g/mol. The van der Waals surface area contributed by atoms with Gasteiger partial charge in [-0.3, -0.25) is 0 Å². The van der Waals surface area contributed by atoms with E-state index < -0.39 is 0 Å². The van der Waals surface area contributed by atoms with Crippen molar-refractivity contribution < 1.29 is 4.57 Å². The average Bonchev–Trinajstić information content (AvgIpc) is 3.10. The lowest BCUT2D eigenvalue weighted by atomic mass is 10.0. The number of benzene rings is 1. The Morgan fingerprint density at radius 1 is 1.15 bits per heavy atom. The van der Waals surface area contributed by atoms with E-state index in [-0.39, 0.29) is 0 Å². The van der Waals surface area contributed by atoms with Gasteiger partial charge in [-0.1, -0.05) is 23.5 Å². The van der Waals surface area contributed by atoms with Gasteiger partial charge in [0.25, 0.3) is 5.01 Å². The second kappa shape index (κ2) is 4.88. The van der Waals surface area contributed by atoms with Crippen molar-refractivity contribution in [3.63, 3.8) is 0 Å². The molecule has 2 aromatic rings. The first-order valence-corrected chi connectivity index (χ1v) is 8.59. The van der Waals surface area contributed by atoms with Gasteiger partial charge in [-0.15, -0.1) is 0 Å². The first-order chi connectivity index (χ1) is 9.88. The molecule has 0 amide bonds. The average molecular weight is 285 g/mol. The summed E-state index contributed by atoms with van der Waals surface area (Å²) in [4.78, 5) is 2.63. The molecule has 0 spiro atoms. The molecule has 0 N–H and O–H groups in total. The number of thiazole rings is 1. The third-order valence-electron chi connectivity index (χ3n) is 4.61. The van der Waals surface area contributed by atoms with Crippen LogP contribution in [0.15, 0.2) is 30.0 Å². The number of allylic oxidation sites excluding steroid dienone is 2. The SMILES string of the molecule is CC[n+]1c(C2=C3CCCN3CCC2)sc2ccccc21. The minimum absolute atomic E-state index is 1.07. The second-order valence-electron chi connectivity index (χ2n) is 5.74. The molecule has 0 bridgehead atoms. The molecule has 0 aliphatic carbocycles. The van der Waals surface area contributed by atoms with Gasteiger partial charge in [-0.05, 0) is 38.7 Å². The van der Waals surface area contributed by atoms with Crippen LogP contribution in [0.25, 0.3) is 15.8 Å². The monoisotopic (exact) mass is 285 g/mol. The van der Waals surface area contributed by atoms with Gasteiger partial charge in [0.15, 0.2) is 0 Å². The van der Waals surface area contributed by atoms with Gasteiger partial charge in [-0.25, -0.2) is 0 Å². The van der Waals surface area contributed by atoms with Crippen LogP contribution in [0.1, 0.15) is 37.6 Å². The lowest BCUT2D eigenvalue weighted by Gasteiger charge is -2.26. The fourth-order valence-corrected chi connectivity index (χ4v) is 5.03. The quantitative estimate of drug-likeness (QED) is 0.761. The van der Waals surface area contributed by atoms with Crippen LogP contribution in [-0.4, -0.2) is 18.0 Å². The van der Waals surface area contributed by atoms with Crippen LogP contribution in [0.5, 0.6) is 0 Å². The van der Waals surface area contributed by atoms with Crippen LogP contribution in [0.2, 0.25) is 0 Å². The molecule has 1 saturated heterocycles. The first kappa shape index (κ1) is 12.4. The molecule has 3 heteroatoms. The van der Waals surface area contributed by atoms with E-state index in [0.717, 1.165) is 6.54 Å². The Hall–Kier alpha value is -1.35. The van der Waals surface area contributed by atoms with Crippen LogP contribution < -0.4 is 4.57 Å². The lowest BCUT2D eigenvalue weighted by Crippen LogP contribution is -2.36. The highest BCUT2D eigenvalue weighted by atomic mass is 32.1. The Labute approximate surface area is 124 Å². The fraction of sp³-hybridized carbons (Fsp3) is 0.471. The molecule has 1 aromatic carbocycles. The van der Waals surface area contributed by atoms with Gasteiger partial charge in [-0.2, -0.15) is 4.57 Å². The van der Waals surface area contributed by atoms with Crippen molar-refractivity contribution >= 4 is 27.1 Å². The minimum atomic E-state index is 1.07. The van der Waals surface area contributed by atoms with E-state index in [2.05, 4.69) is 40.7 Å². The van der Waals surface area contributed by atoms with Gasteiger partial charge in [0, 0.05) is 24.9 Å². The molecule has 4 rings (SSSR count). The number of para-hydroxylation sites is 1. The Morgan fingerprint density at radius 3 is 2.80 bits per heavy atom. The Morgan fingerprint density at radius 2 is 1.95 bits per heavy atom. The molecule has 2 aliphatic rings. The summed E-state index contributed by atoms with van der Waals surface area (Å²) in [7, 11) is 0. The lowest BCUT2D eigenvalue weighted by molar-refractivity contribution is -0.665. The molecule has 1 aromatic heterocycles. The summed E-state index contributed by atoms with van der Waals surface area (Å²) in [5.74, 6) is 0. The highest BCUT2D eigenvalue weighted by Crippen LogP contribution is 2.38. The first-order valence-electron chi connectivity index (χ1n) is 7.77. The van der Waals surface area contributed by atoms with E-state index in [4.69, 9.17) is 0 Å². The van der Waals surface area contributed by atoms with Crippen molar-refractivity contribution in [2.24, 2.45) is 0 Å². The summed E-state index contributed by atoms with van der Waals surface area (Å²) in [6, 6.07) is 8.84. The van der Waals surface area contributed by atoms with E-state index in [9.17, 15) is 0 Å². The normalized spacial score (nSPS) is 18.9. The zero-order chi connectivity index (χ0) is 13.5. The van der Waals surface area contributed by atoms with Crippen LogP contribution in [0, 0.1) is 0 Å². The zero-order valence-electron chi connectivity index (χ0n) is 12.1. The fourth-order valence-electron chi connectivity index (χ4n) is 3.71. The van der Waals surface area contributed by atoms with Gasteiger partial charge >= 0.3 is 0 Å². The number of hydrogen-bond donors (Lipinski definition) is 0. The van der Waals surface area contributed by atoms with Gasteiger partial charge in [0.05, 0.1) is 5.57 Å². The number of fused-ring (bicyclic) bond motifs is 2. The maximum absolute atomic E-state index is 2.63. The number of aromatic nitrogens is 1. The summed E-state index contributed by atoms with van der Waals surface area (Å²) < 4.78 is 3.94. The molecule has 0 saturated carbocycles. The highest BCUT2D eigenvalue weighted by Gasteiger charge is 2.31. The Bertz CT molecular complexity index is 683. The van der Waals surface area contributed by atoms with Crippen molar-refractivity contribution in [3.8, 4) is 0 Å². The van der Waals surface area contributed by atoms with Gasteiger partial charge in [0.2, 0.25) is 5.52 Å². The number of nitrogens with zero attached hydrogens (tertiary/aromatic N) is 2. The van der Waals surface area contributed by atoms with Crippen molar-refractivity contribution in [1.29, 1.82) is 0 Å². The standard InChI is InChI=1S/C17H21N2S/c1-2-19-15-8-3-4-10-16(15)20-17(19)13-7-5-11-18-12-6-9-14(13)18/h3-4,8,10H,2,5-7,9,11-12H2,1H3/q+1. The summed E-state index contributed by atoms with van der Waals surface area (Å²) in [6.07, 6.45) is 5.21. The zero-order valence-corrected chi connectivity index (χ0v) is 12.9. The van der Waals surface area contributed by atoms with Crippen molar-refractivity contribution in [1.82, 2.24) is 4.90 Å². The molecule has 2 aliphatic heterocycles. The van der Waals surface area contributed by atoms with E-state index in [1.54, 1.807) is 11.3 Å². The molecular formula is C17H21N2S+. The second-order valence-corrected chi connectivity index (χ2v) is 6.77. The predicted octanol–water partition coefficient (Wildman–Crippen LogP) is 3.81. The molecule has 0 unspecified atom stereocenters. The number of rotatable bonds is 2. The van der Waals surface area contributed by atoms with Gasteiger partial charge < -0.3 is 4.90 Å². The van der Waals surface area contributed by atoms with Crippen LogP contribution in [0.4, 0.5) is 0 Å². The maximum Gasteiger partial charge on any atom is 0.267 e. The highest BCUT2D eigenvalue weighted by molar-refractivity contribution is 7.19. The Kier molecular flexibility index (Phi) is 3.03. The van der Waals surface area contributed by atoms with Crippen LogP contribution in [0.3, 0.4) is 0 Å². The van der Waals surface area contributed by atoms with E-state index >= 15 is 0 Å². The predicted molar refractivity (Wildman–Crippen MR) is 84.7 cm³/mol. The summed E-state index contributed by atoms with van der Waals surface area (Å²) >= 11 is 1.98. The molecule has 3 heterocycles. The van der Waals surface area contributed by atoms with Gasteiger partial charge in [0.1, 0.15) is 11.2 Å². The molecule has 104 valence electrons. The van der Waals surface area contributed by atoms with E-state index in [0.29, 0.717) is 0 Å². The Balaban J connectivity index is 1.93. The van der Waals surface area contributed by atoms with E-state index in [1.807, 2.05) is 11.3 Å². The van der Waals surface area contributed by atoms with E-state index in [1.165, 1.54) is 54.0 Å². The molecule has 20 heavy (non-hydrogen) atoms. The number of hydrogen-bond acceptors (Lipinski definition) is 2. The molecule has 0 radical (unpaired) electrons. The van der Waals surface area contributed by atoms with Crippen molar-refractivity contribution in [2.75, 3.05) is 13.1 Å². The summed E-state index contributed by atoms with van der Waals surface area (Å²) in [6.45, 7) is 5.88. The minimum Gasteiger partial charge on any atom is -0.374 e. The largest absolute Gasteiger partial charge is 0.374 e. The molecule has 2 nitrogen and oxygen atoms in total. The maximum atomic E-state index is 2.63. The van der Waals surface area contributed by atoms with Crippen LogP contribution in [-0.2, 0) is 6.54 Å². The topological polar surface area (TPSA) is 7.12 Å². The van der Waals surface area contributed by atoms with Crippen molar-refractivity contribution in [3.05, 3.63) is 35.0 Å². The third-order valence-corrected chi connectivity index (χ3v) is 5.83. The third kappa shape index (κ3) is 1.80. The number of aryl methyl sites for hydroxylation is 1. The van der Waals surface area contributed by atoms with Crippen molar-refractivity contribution in [2.45, 2.75) is 39.2 Å². The van der Waals surface area contributed by atoms with Crippen LogP contribution >= 0.6 is 11.3 Å². The molecule has 0 atom stereocenters. The smallest absolute Gasteiger partial charge is 0.267 e. The summed E-state index contributed by atoms with van der Waals surface area (Å²) in [5.41, 5.74) is 4.68.